The van der Waals surface area contributed by atoms with Gasteiger partial charge in [-0.3, -0.25) is 0 Å². The lowest BCUT2D eigenvalue weighted by Crippen LogP contribution is -2.35. The predicted octanol–water partition coefficient (Wildman–Crippen LogP) is 2.39. The fourth-order valence-electron chi connectivity index (χ4n) is 3.28. The molecule has 0 aromatic carbocycles. The molecule has 0 amide bonds. The summed E-state index contributed by atoms with van der Waals surface area (Å²) in [4.78, 5) is 0. The molecule has 3 nitrogen and oxygen atoms in total. The van der Waals surface area contributed by atoms with Crippen LogP contribution in [0.1, 0.15) is 33.1 Å². The average Bonchev–Trinajstić information content (AvgIpc) is 2.61. The molecule has 1 heterocycles. The van der Waals surface area contributed by atoms with Gasteiger partial charge in [-0.15, -0.1) is 6.58 Å². The summed E-state index contributed by atoms with van der Waals surface area (Å²) in [6.07, 6.45) is 4.40. The molecule has 2 fully saturated rings. The van der Waals surface area contributed by atoms with Gasteiger partial charge in [0, 0.05) is 17.4 Å². The molecular formula is C15H26O3. The van der Waals surface area contributed by atoms with E-state index >= 15 is 0 Å². The lowest BCUT2D eigenvalue weighted by Gasteiger charge is -2.35. The molecule has 1 saturated carbocycles. The van der Waals surface area contributed by atoms with Crippen LogP contribution in [0.2, 0.25) is 0 Å². The summed E-state index contributed by atoms with van der Waals surface area (Å²) in [5, 5.41) is 9.94. The van der Waals surface area contributed by atoms with Gasteiger partial charge in [0.05, 0.1) is 25.9 Å². The highest BCUT2D eigenvalue weighted by atomic mass is 16.5. The molecular weight excluding hydrogens is 228 g/mol. The van der Waals surface area contributed by atoms with Gasteiger partial charge in [-0.2, -0.15) is 0 Å². The van der Waals surface area contributed by atoms with Crippen LogP contribution in [0.25, 0.3) is 0 Å². The minimum Gasteiger partial charge on any atom is -0.393 e. The maximum absolute atomic E-state index is 9.94. The predicted molar refractivity (Wildman–Crippen MR) is 71.4 cm³/mol. The van der Waals surface area contributed by atoms with Crippen molar-refractivity contribution in [1.82, 2.24) is 0 Å². The molecule has 18 heavy (non-hydrogen) atoms. The summed E-state index contributed by atoms with van der Waals surface area (Å²) in [5.74, 6) is 0.436. The quantitative estimate of drug-likeness (QED) is 0.730. The number of hydrogen-bond acceptors (Lipinski definition) is 3. The van der Waals surface area contributed by atoms with Gasteiger partial charge in [0.25, 0.3) is 0 Å². The van der Waals surface area contributed by atoms with Gasteiger partial charge in [0.1, 0.15) is 0 Å². The van der Waals surface area contributed by atoms with Crippen molar-refractivity contribution in [3.8, 4) is 0 Å². The Hall–Kier alpha value is -0.380. The third kappa shape index (κ3) is 2.95. The molecule has 1 saturated heterocycles. The number of aliphatic hydroxyl groups excluding tert-OH is 1. The van der Waals surface area contributed by atoms with Crippen molar-refractivity contribution in [2.75, 3.05) is 26.4 Å². The Morgan fingerprint density at radius 2 is 1.94 bits per heavy atom. The molecule has 0 unspecified atom stereocenters. The van der Waals surface area contributed by atoms with Crippen LogP contribution in [0.15, 0.2) is 12.7 Å². The van der Waals surface area contributed by atoms with E-state index in [1.807, 2.05) is 6.08 Å². The van der Waals surface area contributed by atoms with Gasteiger partial charge in [-0.25, -0.2) is 0 Å². The Morgan fingerprint density at radius 1 is 1.22 bits per heavy atom. The van der Waals surface area contributed by atoms with E-state index in [4.69, 9.17) is 9.47 Å². The van der Waals surface area contributed by atoms with Crippen LogP contribution in [0.3, 0.4) is 0 Å². The molecule has 1 N–H and O–H groups in total. The van der Waals surface area contributed by atoms with Crippen LogP contribution < -0.4 is 0 Å². The van der Waals surface area contributed by atoms with E-state index in [2.05, 4.69) is 20.4 Å². The molecule has 1 aliphatic heterocycles. The van der Waals surface area contributed by atoms with Gasteiger partial charge in [-0.05, 0) is 25.2 Å². The fraction of sp³-hybridized carbons (Fsp3) is 0.867. The fourth-order valence-corrected chi connectivity index (χ4v) is 3.28. The van der Waals surface area contributed by atoms with Gasteiger partial charge in [-0.1, -0.05) is 19.9 Å². The lowest BCUT2D eigenvalue weighted by atomic mass is 9.77. The first-order valence-electron chi connectivity index (χ1n) is 6.95. The molecule has 2 aliphatic rings. The number of fused-ring (bicyclic) bond motifs is 1. The molecule has 1 aliphatic carbocycles. The van der Waals surface area contributed by atoms with Crippen molar-refractivity contribution in [3.05, 3.63) is 12.7 Å². The van der Waals surface area contributed by atoms with Crippen molar-refractivity contribution < 1.29 is 14.6 Å². The van der Waals surface area contributed by atoms with E-state index < -0.39 is 0 Å². The van der Waals surface area contributed by atoms with Gasteiger partial charge in [0.2, 0.25) is 0 Å². The van der Waals surface area contributed by atoms with Crippen molar-refractivity contribution in [2.24, 2.45) is 16.7 Å². The lowest BCUT2D eigenvalue weighted by molar-refractivity contribution is -0.0507. The number of ether oxygens (including phenoxy) is 2. The SMILES string of the molecule is C=C[C@]12COCC(C)(C)COCC[C@H]1C[C@@H](O)C2. The monoisotopic (exact) mass is 254 g/mol. The van der Waals surface area contributed by atoms with Crippen LogP contribution in [-0.4, -0.2) is 37.6 Å². The Labute approximate surface area is 110 Å². The first-order valence-corrected chi connectivity index (χ1v) is 6.95. The number of aliphatic hydroxyl groups is 1. The van der Waals surface area contributed by atoms with Crippen molar-refractivity contribution in [2.45, 2.75) is 39.2 Å². The molecule has 3 heteroatoms. The standard InChI is InChI=1S/C15H26O3/c1-4-15-8-13(16)7-12(15)5-6-17-9-14(2,3)10-18-11-15/h4,12-13,16H,1,5-11H2,2-3H3/t12-,13+,15-/m0/s1. The smallest absolute Gasteiger partial charge is 0.0560 e. The van der Waals surface area contributed by atoms with Crippen molar-refractivity contribution >= 4 is 0 Å². The van der Waals surface area contributed by atoms with E-state index in [1.54, 1.807) is 0 Å². The molecule has 0 bridgehead atoms. The minimum absolute atomic E-state index is 0.0593. The summed E-state index contributed by atoms with van der Waals surface area (Å²) >= 11 is 0. The van der Waals surface area contributed by atoms with Crippen LogP contribution in [0.4, 0.5) is 0 Å². The summed E-state index contributed by atoms with van der Waals surface area (Å²) in [7, 11) is 0. The van der Waals surface area contributed by atoms with Crippen molar-refractivity contribution in [1.29, 1.82) is 0 Å². The third-order valence-corrected chi connectivity index (χ3v) is 4.36. The van der Waals surface area contributed by atoms with Crippen LogP contribution >= 0.6 is 0 Å². The first kappa shape index (κ1) is 14.0. The maximum atomic E-state index is 9.94. The Morgan fingerprint density at radius 3 is 2.67 bits per heavy atom. The highest BCUT2D eigenvalue weighted by molar-refractivity contribution is 5.06. The Bertz CT molecular complexity index is 300. The van der Waals surface area contributed by atoms with E-state index in [0.29, 0.717) is 19.1 Å². The molecule has 3 atom stereocenters. The first-order chi connectivity index (χ1) is 8.47. The molecule has 0 radical (unpaired) electrons. The van der Waals surface area contributed by atoms with Gasteiger partial charge in [0.15, 0.2) is 0 Å². The zero-order valence-corrected chi connectivity index (χ0v) is 11.7. The number of rotatable bonds is 1. The highest BCUT2D eigenvalue weighted by Crippen LogP contribution is 2.47. The third-order valence-electron chi connectivity index (χ3n) is 4.36. The van der Waals surface area contributed by atoms with E-state index in [1.165, 1.54) is 0 Å². The molecule has 0 aromatic heterocycles. The Kier molecular flexibility index (Phi) is 4.15. The van der Waals surface area contributed by atoms with Gasteiger partial charge >= 0.3 is 0 Å². The second-order valence-corrected chi connectivity index (χ2v) is 6.73. The summed E-state index contributed by atoms with van der Waals surface area (Å²) in [5.41, 5.74) is 0.00259. The van der Waals surface area contributed by atoms with E-state index in [9.17, 15) is 5.11 Å². The van der Waals surface area contributed by atoms with Gasteiger partial charge < -0.3 is 14.6 Å². The summed E-state index contributed by atoms with van der Waals surface area (Å²) in [6.45, 7) is 11.2. The second-order valence-electron chi connectivity index (χ2n) is 6.73. The minimum atomic E-state index is -0.217. The topological polar surface area (TPSA) is 38.7 Å². The second kappa shape index (κ2) is 5.32. The highest BCUT2D eigenvalue weighted by Gasteiger charge is 2.45. The van der Waals surface area contributed by atoms with Crippen LogP contribution in [0, 0.1) is 16.7 Å². The largest absolute Gasteiger partial charge is 0.393 e. The molecule has 2 rings (SSSR count). The van der Waals surface area contributed by atoms with Crippen molar-refractivity contribution in [3.63, 3.8) is 0 Å². The molecule has 0 aromatic rings. The molecule has 104 valence electrons. The molecule has 0 spiro atoms. The van der Waals surface area contributed by atoms with Crippen LogP contribution in [-0.2, 0) is 9.47 Å². The van der Waals surface area contributed by atoms with E-state index in [-0.39, 0.29) is 16.9 Å². The Balaban J connectivity index is 2.10. The normalized spacial score (nSPS) is 41.1. The van der Waals surface area contributed by atoms with Crippen LogP contribution in [0.5, 0.6) is 0 Å². The average molecular weight is 254 g/mol. The zero-order valence-electron chi connectivity index (χ0n) is 11.7. The number of hydrogen-bond donors (Lipinski definition) is 1. The summed E-state index contributed by atoms with van der Waals surface area (Å²) in [6, 6.07) is 0. The summed E-state index contributed by atoms with van der Waals surface area (Å²) < 4.78 is 11.7. The zero-order chi connectivity index (χ0) is 13.2. The van der Waals surface area contributed by atoms with E-state index in [0.717, 1.165) is 32.5 Å². The maximum Gasteiger partial charge on any atom is 0.0560 e.